The van der Waals surface area contributed by atoms with E-state index in [2.05, 4.69) is 154 Å². The van der Waals surface area contributed by atoms with Gasteiger partial charge < -0.3 is 20.1 Å². The Morgan fingerprint density at radius 2 is 0.812 bits per heavy atom. The molecule has 9 nitrogen and oxygen atoms in total. The van der Waals surface area contributed by atoms with Crippen molar-refractivity contribution in [1.82, 2.24) is 0 Å². The summed E-state index contributed by atoms with van der Waals surface area (Å²) in [4.78, 5) is 35.1. The predicted octanol–water partition coefficient (Wildman–Crippen LogP) is 16.4. The van der Waals surface area contributed by atoms with E-state index in [0.29, 0.717) is 19.3 Å². The Morgan fingerprint density at radius 3 is 1.23 bits per heavy atom. The van der Waals surface area contributed by atoms with Crippen molar-refractivity contribution in [2.45, 2.75) is 187 Å². The van der Waals surface area contributed by atoms with Gasteiger partial charge in [0.2, 0.25) is 0 Å². The molecule has 0 aromatic heterocycles. The number of carbonyl (C=O) groups is 2. The van der Waals surface area contributed by atoms with Gasteiger partial charge in [0.15, 0.2) is 6.10 Å². The van der Waals surface area contributed by atoms with E-state index in [1.165, 1.54) is 25.7 Å². The second-order valence-electron chi connectivity index (χ2n) is 16.7. The number of carbonyl (C=O) groups excluding carboxylic acids is 2. The first kappa shape index (κ1) is 64.9. The van der Waals surface area contributed by atoms with Gasteiger partial charge in [-0.25, -0.2) is 4.57 Å². The summed E-state index contributed by atoms with van der Waals surface area (Å²) < 4.78 is 32.9. The van der Waals surface area contributed by atoms with Crippen molar-refractivity contribution in [2.75, 3.05) is 26.4 Å². The maximum Gasteiger partial charge on any atom is 0.472 e. The molecule has 0 aliphatic heterocycles. The minimum atomic E-state index is -4.42. The van der Waals surface area contributed by atoms with E-state index in [0.717, 1.165) is 109 Å². The van der Waals surface area contributed by atoms with Crippen LogP contribution >= 0.6 is 7.82 Å². The number of hydrogen-bond donors (Lipinski definition) is 2. The summed E-state index contributed by atoms with van der Waals surface area (Å²) in [6, 6.07) is 0. The monoisotopic (exact) mass is 976 g/mol. The fraction of sp³-hybridized carbons (Fsp3) is 0.559. The van der Waals surface area contributed by atoms with Crippen molar-refractivity contribution < 1.29 is 37.6 Å². The van der Waals surface area contributed by atoms with Crippen LogP contribution in [-0.2, 0) is 32.7 Å². The molecule has 69 heavy (non-hydrogen) atoms. The van der Waals surface area contributed by atoms with Crippen LogP contribution in [0.25, 0.3) is 0 Å². The molecule has 3 N–H and O–H groups in total. The molecule has 0 saturated heterocycles. The van der Waals surface area contributed by atoms with Gasteiger partial charge in [-0.05, 0) is 116 Å². The van der Waals surface area contributed by atoms with Gasteiger partial charge in [-0.3, -0.25) is 18.6 Å². The normalized spacial score (nSPS) is 14.3. The third-order valence-corrected chi connectivity index (χ3v) is 11.2. The lowest BCUT2D eigenvalue weighted by molar-refractivity contribution is -0.161. The first-order valence-electron chi connectivity index (χ1n) is 26.3. The lowest BCUT2D eigenvalue weighted by Gasteiger charge is -2.19. The fourth-order valence-corrected chi connectivity index (χ4v) is 7.11. The van der Waals surface area contributed by atoms with Crippen LogP contribution in [0.15, 0.2) is 146 Å². The maximum atomic E-state index is 12.6. The van der Waals surface area contributed by atoms with Crippen LogP contribution in [0.5, 0.6) is 0 Å². The number of hydrogen-bond acceptors (Lipinski definition) is 8. The average Bonchev–Trinajstić information content (AvgIpc) is 3.34. The molecule has 10 heteroatoms. The van der Waals surface area contributed by atoms with Crippen molar-refractivity contribution in [3.8, 4) is 0 Å². The summed E-state index contributed by atoms with van der Waals surface area (Å²) in [6.07, 6.45) is 76.1. The van der Waals surface area contributed by atoms with Crippen molar-refractivity contribution in [2.24, 2.45) is 5.73 Å². The fourth-order valence-electron chi connectivity index (χ4n) is 6.35. The van der Waals surface area contributed by atoms with E-state index >= 15 is 0 Å². The topological polar surface area (TPSA) is 134 Å². The second kappa shape index (κ2) is 53.2. The van der Waals surface area contributed by atoms with E-state index in [4.69, 9.17) is 24.3 Å². The standard InChI is InChI=1S/C59H94NO8P/c1-3-5-7-9-11-13-15-17-19-21-23-24-25-26-27-28-29-30-31-32-34-36-38-40-42-44-46-48-50-52-59(62)68-57(56-67-69(63,64)66-54-53-60)55-65-58(61)51-49-47-45-43-41-39-37-35-33-22-20-18-16-14-12-10-8-6-4-2/h5,7,11-14,17-20,23-24,26-27,29-30,32-35,38,40,44,46,57H,3-4,6,8-10,15-16,21-22,25,28,31,36-37,39,41-43,45,47-56,60H2,1-2H3,(H,63,64)/b7-5-,13-11-,14-12-,19-17-,20-18-,24-23-,27-26-,30-29-,34-32-,35-33-,40-38-,46-44-. The molecule has 0 spiro atoms. The molecule has 0 aliphatic carbocycles. The van der Waals surface area contributed by atoms with Crippen LogP contribution < -0.4 is 5.73 Å². The largest absolute Gasteiger partial charge is 0.472 e. The number of rotatable bonds is 47. The molecule has 0 aliphatic rings. The Hall–Kier alpha value is -4.11. The highest BCUT2D eigenvalue weighted by Gasteiger charge is 2.26. The van der Waals surface area contributed by atoms with Gasteiger partial charge in [0.1, 0.15) is 6.61 Å². The zero-order valence-corrected chi connectivity index (χ0v) is 43.9. The number of phosphoric acid groups is 1. The van der Waals surface area contributed by atoms with Crippen LogP contribution in [0, 0.1) is 0 Å². The first-order chi connectivity index (χ1) is 33.8. The van der Waals surface area contributed by atoms with Crippen molar-refractivity contribution >= 4 is 19.8 Å². The summed E-state index contributed by atoms with van der Waals surface area (Å²) in [6.45, 7) is 3.49. The van der Waals surface area contributed by atoms with Gasteiger partial charge in [-0.1, -0.05) is 198 Å². The molecule has 0 bridgehead atoms. The van der Waals surface area contributed by atoms with Gasteiger partial charge in [0.25, 0.3) is 0 Å². The molecule has 0 rings (SSSR count). The molecule has 0 aromatic carbocycles. The molecule has 2 unspecified atom stereocenters. The number of nitrogens with two attached hydrogens (primary N) is 1. The highest BCUT2D eigenvalue weighted by molar-refractivity contribution is 7.47. The Balaban J connectivity index is 4.23. The van der Waals surface area contributed by atoms with Crippen LogP contribution in [0.2, 0.25) is 0 Å². The Morgan fingerprint density at radius 1 is 0.449 bits per heavy atom. The van der Waals surface area contributed by atoms with Crippen molar-refractivity contribution in [3.05, 3.63) is 146 Å². The first-order valence-corrected chi connectivity index (χ1v) is 27.8. The molecule has 0 saturated carbocycles. The minimum Gasteiger partial charge on any atom is -0.462 e. The highest BCUT2D eigenvalue weighted by atomic mass is 31.2. The lowest BCUT2D eigenvalue weighted by Crippen LogP contribution is -2.29. The number of phosphoric ester groups is 1. The molecule has 0 radical (unpaired) electrons. The van der Waals surface area contributed by atoms with E-state index in [9.17, 15) is 19.0 Å². The maximum absolute atomic E-state index is 12.6. The third-order valence-electron chi connectivity index (χ3n) is 10.2. The summed E-state index contributed by atoms with van der Waals surface area (Å²) >= 11 is 0. The summed E-state index contributed by atoms with van der Waals surface area (Å²) in [5.41, 5.74) is 5.36. The number of esters is 2. The molecular formula is C59H94NO8P. The molecule has 0 heterocycles. The SMILES string of the molecule is CC/C=C\C/C=C\C/C=C\C/C=C\C/C=C\C/C=C\C/C=C\C/C=C\C/C=C\CCCC(=O)OC(COC(=O)CCCCCCCC/C=C\C/C=C\C/C=C\CCCCC)COP(=O)(O)OCCN. The van der Waals surface area contributed by atoms with Crippen LogP contribution in [0.3, 0.4) is 0 Å². The van der Waals surface area contributed by atoms with Gasteiger partial charge in [0, 0.05) is 19.4 Å². The molecule has 0 amide bonds. The molecule has 388 valence electrons. The van der Waals surface area contributed by atoms with Crippen molar-refractivity contribution in [3.63, 3.8) is 0 Å². The van der Waals surface area contributed by atoms with E-state index in [1.54, 1.807) is 0 Å². The average molecular weight is 976 g/mol. The smallest absolute Gasteiger partial charge is 0.462 e. The zero-order valence-electron chi connectivity index (χ0n) is 43.0. The summed E-state index contributed by atoms with van der Waals surface area (Å²) in [7, 11) is -4.42. The van der Waals surface area contributed by atoms with E-state index < -0.39 is 32.5 Å². The Labute approximate surface area is 420 Å². The molecule has 2 atom stereocenters. The third kappa shape index (κ3) is 53.1. The molecule has 0 fully saturated rings. The lowest BCUT2D eigenvalue weighted by atomic mass is 10.1. The van der Waals surface area contributed by atoms with Crippen LogP contribution in [0.4, 0.5) is 0 Å². The van der Waals surface area contributed by atoms with Crippen molar-refractivity contribution in [1.29, 1.82) is 0 Å². The Bertz CT molecular complexity index is 1630. The molecule has 0 aromatic rings. The minimum absolute atomic E-state index is 0.0333. The van der Waals surface area contributed by atoms with Gasteiger partial charge in [0.05, 0.1) is 13.2 Å². The van der Waals surface area contributed by atoms with Gasteiger partial charge >= 0.3 is 19.8 Å². The number of unbranched alkanes of at least 4 members (excludes halogenated alkanes) is 10. The van der Waals surface area contributed by atoms with E-state index in [1.807, 2.05) is 6.08 Å². The zero-order chi connectivity index (χ0) is 50.2. The number of ether oxygens (including phenoxy) is 2. The summed E-state index contributed by atoms with van der Waals surface area (Å²) in [5, 5.41) is 0. The summed E-state index contributed by atoms with van der Waals surface area (Å²) in [5.74, 6) is -0.927. The van der Waals surface area contributed by atoms with Crippen LogP contribution in [0.1, 0.15) is 181 Å². The highest BCUT2D eigenvalue weighted by Crippen LogP contribution is 2.43. The quantitative estimate of drug-likeness (QED) is 0.0264. The molecular weight excluding hydrogens is 882 g/mol. The van der Waals surface area contributed by atoms with Gasteiger partial charge in [-0.15, -0.1) is 0 Å². The predicted molar refractivity (Wildman–Crippen MR) is 293 cm³/mol. The Kier molecular flexibility index (Phi) is 50.1. The van der Waals surface area contributed by atoms with Crippen LogP contribution in [-0.4, -0.2) is 49.3 Å². The number of allylic oxidation sites excluding steroid dienone is 24. The van der Waals surface area contributed by atoms with Gasteiger partial charge in [-0.2, -0.15) is 0 Å². The second-order valence-corrected chi connectivity index (χ2v) is 18.1. The van der Waals surface area contributed by atoms with E-state index in [-0.39, 0.29) is 32.6 Å².